The number of hydrogen-bond acceptors (Lipinski definition) is 6. The highest BCUT2D eigenvalue weighted by Crippen LogP contribution is 2.14. The summed E-state index contributed by atoms with van der Waals surface area (Å²) in [5.41, 5.74) is 0. The van der Waals surface area contributed by atoms with E-state index in [0.29, 0.717) is 26.1 Å². The number of unbranched alkanes of at least 4 members (excludes halogenated alkanes) is 8. The zero-order valence-corrected chi connectivity index (χ0v) is 17.4. The van der Waals surface area contributed by atoms with Gasteiger partial charge in [0.2, 0.25) is 0 Å². The highest BCUT2D eigenvalue weighted by Gasteiger charge is 2.24. The van der Waals surface area contributed by atoms with Crippen LogP contribution in [0.5, 0.6) is 0 Å². The Labute approximate surface area is 169 Å². The molecule has 0 amide bonds. The van der Waals surface area contributed by atoms with Crippen molar-refractivity contribution in [2.45, 2.75) is 71.1 Å². The second kappa shape index (κ2) is 22.1. The molecule has 0 fully saturated rings. The Balaban J connectivity index is 0. The van der Waals surface area contributed by atoms with Crippen molar-refractivity contribution in [3.63, 3.8) is 0 Å². The monoisotopic (exact) mass is 407 g/mol. The van der Waals surface area contributed by atoms with Gasteiger partial charge < -0.3 is 25.5 Å². The van der Waals surface area contributed by atoms with Crippen molar-refractivity contribution in [1.29, 1.82) is 0 Å². The number of hydrogen-bond donors (Lipinski definition) is 5. The average Bonchev–Trinajstić information content (AvgIpc) is 2.64. The molecule has 0 aromatic carbocycles. The Morgan fingerprint density at radius 3 is 1.36 bits per heavy atom. The molecule has 0 rings (SSSR count). The van der Waals surface area contributed by atoms with Crippen LogP contribution in [0.15, 0.2) is 0 Å². The van der Waals surface area contributed by atoms with Gasteiger partial charge in [-0.15, -0.1) is 0 Å². The van der Waals surface area contributed by atoms with Gasteiger partial charge in [-0.1, -0.05) is 64.7 Å². The molecule has 0 aromatic rings. The third kappa shape index (κ3) is 19.5. The third-order valence-corrected chi connectivity index (χ3v) is 4.44. The van der Waals surface area contributed by atoms with Crippen LogP contribution in [0.3, 0.4) is 0 Å². The van der Waals surface area contributed by atoms with Crippen LogP contribution < -0.4 is 0 Å². The Bertz CT molecular complexity index is 338. The lowest BCUT2D eigenvalue weighted by Gasteiger charge is -2.17. The summed E-state index contributed by atoms with van der Waals surface area (Å²) in [5.74, 6) is -3.67. The van der Waals surface area contributed by atoms with Gasteiger partial charge in [-0.05, 0) is 6.42 Å². The molecule has 0 unspecified atom stereocenters. The fourth-order valence-electron chi connectivity index (χ4n) is 2.77. The molecule has 0 heterocycles. The normalized spacial score (nSPS) is 10.8. The fourth-order valence-corrected chi connectivity index (χ4v) is 2.77. The molecule has 0 atom stereocenters. The quantitative estimate of drug-likeness (QED) is 0.172. The van der Waals surface area contributed by atoms with Crippen LogP contribution in [0.1, 0.15) is 71.1 Å². The number of carbonyl (C=O) groups is 2. The topological polar surface area (TPSA) is 139 Å². The molecule has 168 valence electrons. The molecular weight excluding hydrogens is 366 g/mol. The van der Waals surface area contributed by atoms with Crippen LogP contribution >= 0.6 is 0 Å². The second-order valence-corrected chi connectivity index (χ2v) is 6.86. The minimum Gasteiger partial charge on any atom is -0.481 e. The van der Waals surface area contributed by atoms with Gasteiger partial charge in [0.1, 0.15) is 0 Å². The van der Waals surface area contributed by atoms with Crippen LogP contribution in [0, 0.1) is 5.92 Å². The van der Waals surface area contributed by atoms with Crippen LogP contribution in [-0.4, -0.2) is 81.8 Å². The van der Waals surface area contributed by atoms with Gasteiger partial charge in [-0.2, -0.15) is 0 Å². The highest BCUT2D eigenvalue weighted by molar-refractivity contribution is 5.92. The van der Waals surface area contributed by atoms with Crippen molar-refractivity contribution in [2.75, 3.05) is 39.5 Å². The first-order valence-electron chi connectivity index (χ1n) is 10.4. The summed E-state index contributed by atoms with van der Waals surface area (Å²) in [6.07, 6.45) is 10.5. The lowest BCUT2D eigenvalue weighted by molar-refractivity contribution is -0.154. The summed E-state index contributed by atoms with van der Waals surface area (Å²) in [6.45, 7) is 3.95. The van der Waals surface area contributed by atoms with Crippen molar-refractivity contribution in [3.05, 3.63) is 0 Å². The van der Waals surface area contributed by atoms with E-state index >= 15 is 0 Å². The van der Waals surface area contributed by atoms with Crippen molar-refractivity contribution in [1.82, 2.24) is 4.90 Å². The van der Waals surface area contributed by atoms with Crippen LogP contribution in [0.4, 0.5) is 0 Å². The standard InChI is InChI=1S/C14H26O4.C6H15NO3/c1-2-3-4-5-6-7-8-9-10-11-12(13(15)16)14(17)18;8-4-1-7(2-5-9)3-6-10/h12H,2-11H2,1H3,(H,15,16)(H,17,18);8-10H,1-6H2. The summed E-state index contributed by atoms with van der Waals surface area (Å²) < 4.78 is 0. The van der Waals surface area contributed by atoms with Crippen LogP contribution in [0.2, 0.25) is 0 Å². The number of aliphatic carboxylic acids is 2. The lowest BCUT2D eigenvalue weighted by Crippen LogP contribution is -2.32. The maximum Gasteiger partial charge on any atom is 0.317 e. The molecule has 0 radical (unpaired) electrons. The minimum absolute atomic E-state index is 0.0694. The number of carboxylic acid groups (broad SMARTS) is 2. The van der Waals surface area contributed by atoms with E-state index in [1.165, 1.54) is 38.5 Å². The molecule has 8 nitrogen and oxygen atoms in total. The Morgan fingerprint density at radius 1 is 0.679 bits per heavy atom. The molecule has 0 aliphatic rings. The first kappa shape index (κ1) is 29.0. The van der Waals surface area contributed by atoms with Gasteiger partial charge in [0.25, 0.3) is 0 Å². The molecular formula is C20H41NO7. The van der Waals surface area contributed by atoms with E-state index in [9.17, 15) is 9.59 Å². The lowest BCUT2D eigenvalue weighted by atomic mass is 10.00. The fraction of sp³-hybridized carbons (Fsp3) is 0.900. The number of nitrogens with zero attached hydrogens (tertiary/aromatic N) is 1. The molecule has 0 spiro atoms. The predicted molar refractivity (Wildman–Crippen MR) is 108 cm³/mol. The molecule has 8 heteroatoms. The molecule has 28 heavy (non-hydrogen) atoms. The van der Waals surface area contributed by atoms with E-state index in [2.05, 4.69) is 6.92 Å². The Kier molecular flexibility index (Phi) is 22.8. The number of carboxylic acids is 2. The molecule has 0 aromatic heterocycles. The van der Waals surface area contributed by atoms with E-state index in [0.717, 1.165) is 12.8 Å². The van der Waals surface area contributed by atoms with E-state index in [-0.39, 0.29) is 26.2 Å². The molecule has 0 aliphatic heterocycles. The molecule has 0 saturated carbocycles. The number of aliphatic hydroxyl groups excluding tert-OH is 3. The van der Waals surface area contributed by atoms with E-state index in [1.807, 2.05) is 0 Å². The van der Waals surface area contributed by atoms with Gasteiger partial charge in [0.05, 0.1) is 19.8 Å². The summed E-state index contributed by atoms with van der Waals surface area (Å²) in [4.78, 5) is 23.0. The minimum atomic E-state index is -1.23. The van der Waals surface area contributed by atoms with Gasteiger partial charge in [0, 0.05) is 19.6 Å². The van der Waals surface area contributed by atoms with Gasteiger partial charge in [-0.3, -0.25) is 14.5 Å². The largest absolute Gasteiger partial charge is 0.481 e. The van der Waals surface area contributed by atoms with E-state index in [4.69, 9.17) is 25.5 Å². The SMILES string of the molecule is CCCCCCCCCCCC(C(=O)O)C(=O)O.OCCN(CCO)CCO. The zero-order chi connectivity index (χ0) is 21.6. The van der Waals surface area contributed by atoms with Crippen LogP contribution in [0.25, 0.3) is 0 Å². The maximum absolute atomic E-state index is 10.6. The molecule has 5 N–H and O–H groups in total. The highest BCUT2D eigenvalue weighted by atomic mass is 16.4. The van der Waals surface area contributed by atoms with E-state index in [1.54, 1.807) is 4.90 Å². The summed E-state index contributed by atoms with van der Waals surface area (Å²) in [7, 11) is 0. The molecule has 0 aliphatic carbocycles. The summed E-state index contributed by atoms with van der Waals surface area (Å²) in [6, 6.07) is 0. The first-order chi connectivity index (χ1) is 13.4. The van der Waals surface area contributed by atoms with Gasteiger partial charge in [-0.25, -0.2) is 0 Å². The zero-order valence-electron chi connectivity index (χ0n) is 17.4. The van der Waals surface area contributed by atoms with Crippen molar-refractivity contribution in [2.24, 2.45) is 5.92 Å². The molecule has 0 saturated heterocycles. The van der Waals surface area contributed by atoms with Gasteiger partial charge in [0.15, 0.2) is 5.92 Å². The third-order valence-electron chi connectivity index (χ3n) is 4.44. The van der Waals surface area contributed by atoms with Gasteiger partial charge >= 0.3 is 11.9 Å². The summed E-state index contributed by atoms with van der Waals surface area (Å²) in [5, 5.41) is 42.8. The summed E-state index contributed by atoms with van der Waals surface area (Å²) >= 11 is 0. The van der Waals surface area contributed by atoms with Crippen molar-refractivity contribution in [3.8, 4) is 0 Å². The predicted octanol–water partition coefficient (Wildman–Crippen LogP) is 1.96. The first-order valence-corrected chi connectivity index (χ1v) is 10.4. The van der Waals surface area contributed by atoms with E-state index < -0.39 is 17.9 Å². The second-order valence-electron chi connectivity index (χ2n) is 6.86. The smallest absolute Gasteiger partial charge is 0.317 e. The Morgan fingerprint density at radius 2 is 1.04 bits per heavy atom. The number of rotatable bonds is 18. The maximum atomic E-state index is 10.6. The average molecular weight is 408 g/mol. The van der Waals surface area contributed by atoms with Crippen molar-refractivity contribution >= 4 is 11.9 Å². The number of aliphatic hydroxyl groups is 3. The Hall–Kier alpha value is -1.22. The van der Waals surface area contributed by atoms with Crippen molar-refractivity contribution < 1.29 is 35.1 Å². The molecule has 0 bridgehead atoms. The van der Waals surface area contributed by atoms with Crippen LogP contribution in [-0.2, 0) is 9.59 Å².